The molecule has 0 radical (unpaired) electrons. The van der Waals surface area contributed by atoms with Crippen LogP contribution >= 0.6 is 0 Å². The van der Waals surface area contributed by atoms with Gasteiger partial charge in [0, 0.05) is 18.3 Å². The molecular weight excluding hydrogens is 319 g/mol. The maximum Gasteiger partial charge on any atom is 0.417 e. The molecule has 0 aliphatic heterocycles. The lowest BCUT2D eigenvalue weighted by atomic mass is 10.0. The molecule has 0 spiro atoms. The van der Waals surface area contributed by atoms with E-state index >= 15 is 0 Å². The SMILES string of the molecule is COc1ccccc1[C@@H](CNc1ccc(C(F)(F)F)cn1)N(C)C. The predicted octanol–water partition coefficient (Wildman–Crippen LogP) is 3.82. The van der Waals surface area contributed by atoms with Crippen LogP contribution in [0.3, 0.4) is 0 Å². The van der Waals surface area contributed by atoms with E-state index in [1.165, 1.54) is 6.07 Å². The van der Waals surface area contributed by atoms with Gasteiger partial charge in [0.05, 0.1) is 18.7 Å². The van der Waals surface area contributed by atoms with Crippen LogP contribution in [-0.2, 0) is 6.18 Å². The predicted molar refractivity (Wildman–Crippen MR) is 87.2 cm³/mol. The van der Waals surface area contributed by atoms with Crippen molar-refractivity contribution in [2.45, 2.75) is 12.2 Å². The average molecular weight is 339 g/mol. The number of likely N-dealkylation sites (N-methyl/N-ethyl adjacent to an activating group) is 1. The van der Waals surface area contributed by atoms with E-state index in [0.29, 0.717) is 12.4 Å². The van der Waals surface area contributed by atoms with Crippen molar-refractivity contribution in [2.24, 2.45) is 0 Å². The lowest BCUT2D eigenvalue weighted by molar-refractivity contribution is -0.137. The Hall–Kier alpha value is -2.28. The van der Waals surface area contributed by atoms with E-state index in [1.807, 2.05) is 43.3 Å². The summed E-state index contributed by atoms with van der Waals surface area (Å²) in [6.07, 6.45) is -3.55. The van der Waals surface area contributed by atoms with Gasteiger partial charge < -0.3 is 15.0 Å². The number of hydrogen-bond acceptors (Lipinski definition) is 4. The van der Waals surface area contributed by atoms with Crippen molar-refractivity contribution < 1.29 is 17.9 Å². The number of alkyl halides is 3. The quantitative estimate of drug-likeness (QED) is 0.868. The summed E-state index contributed by atoms with van der Waals surface area (Å²) < 4.78 is 43.1. The van der Waals surface area contributed by atoms with Gasteiger partial charge in [0.2, 0.25) is 0 Å². The number of ether oxygens (including phenoxy) is 1. The standard InChI is InChI=1S/C17H20F3N3O/c1-23(2)14(13-6-4-5-7-15(13)24-3)11-22-16-9-8-12(10-21-16)17(18,19)20/h4-10,14H,11H2,1-3H3,(H,21,22)/t14-/m1/s1. The molecule has 1 N–H and O–H groups in total. The van der Waals surface area contributed by atoms with E-state index in [2.05, 4.69) is 10.3 Å². The van der Waals surface area contributed by atoms with Crippen LogP contribution < -0.4 is 10.1 Å². The third-order valence-corrected chi connectivity index (χ3v) is 3.69. The first kappa shape index (κ1) is 18.1. The van der Waals surface area contributed by atoms with Gasteiger partial charge in [-0.3, -0.25) is 0 Å². The number of hydrogen-bond donors (Lipinski definition) is 1. The van der Waals surface area contributed by atoms with E-state index in [4.69, 9.17) is 4.74 Å². The molecule has 0 saturated heterocycles. The first-order valence-electron chi connectivity index (χ1n) is 7.39. The molecule has 1 aromatic heterocycles. The Morgan fingerprint density at radius 1 is 1.17 bits per heavy atom. The van der Waals surface area contributed by atoms with Gasteiger partial charge in [-0.15, -0.1) is 0 Å². The molecule has 1 aromatic carbocycles. The normalized spacial score (nSPS) is 13.0. The monoisotopic (exact) mass is 339 g/mol. The van der Waals surface area contributed by atoms with E-state index in [0.717, 1.165) is 23.6 Å². The van der Waals surface area contributed by atoms with Crippen LogP contribution in [0.2, 0.25) is 0 Å². The number of rotatable bonds is 6. The highest BCUT2D eigenvalue weighted by atomic mass is 19.4. The van der Waals surface area contributed by atoms with Crippen LogP contribution in [0, 0.1) is 0 Å². The highest BCUT2D eigenvalue weighted by Crippen LogP contribution is 2.30. The van der Waals surface area contributed by atoms with Crippen molar-refractivity contribution in [1.82, 2.24) is 9.88 Å². The molecule has 1 atom stereocenters. The summed E-state index contributed by atoms with van der Waals surface area (Å²) in [5.74, 6) is 1.16. The highest BCUT2D eigenvalue weighted by Gasteiger charge is 2.30. The Bertz CT molecular complexity index is 657. The molecule has 0 amide bonds. The minimum atomic E-state index is -4.38. The van der Waals surface area contributed by atoms with E-state index in [1.54, 1.807) is 7.11 Å². The van der Waals surface area contributed by atoms with Crippen molar-refractivity contribution in [3.63, 3.8) is 0 Å². The third kappa shape index (κ3) is 4.38. The van der Waals surface area contributed by atoms with E-state index < -0.39 is 11.7 Å². The number of anilines is 1. The van der Waals surface area contributed by atoms with Gasteiger partial charge in [0.15, 0.2) is 0 Å². The summed E-state index contributed by atoms with van der Waals surface area (Å²) in [5.41, 5.74) is 0.228. The smallest absolute Gasteiger partial charge is 0.417 e. The molecule has 0 saturated carbocycles. The zero-order valence-electron chi connectivity index (χ0n) is 13.8. The fourth-order valence-electron chi connectivity index (χ4n) is 2.38. The maximum absolute atomic E-state index is 12.6. The van der Waals surface area contributed by atoms with Gasteiger partial charge >= 0.3 is 6.18 Å². The number of para-hydroxylation sites is 1. The molecular formula is C17H20F3N3O. The van der Waals surface area contributed by atoms with Crippen LogP contribution in [0.5, 0.6) is 5.75 Å². The molecule has 7 heteroatoms. The lowest BCUT2D eigenvalue weighted by Gasteiger charge is -2.26. The Labute approximate surface area is 139 Å². The molecule has 1 heterocycles. The maximum atomic E-state index is 12.6. The molecule has 0 aliphatic carbocycles. The largest absolute Gasteiger partial charge is 0.496 e. The molecule has 4 nitrogen and oxygen atoms in total. The fourth-order valence-corrected chi connectivity index (χ4v) is 2.38. The van der Waals surface area contributed by atoms with Crippen molar-refractivity contribution in [1.29, 1.82) is 0 Å². The van der Waals surface area contributed by atoms with Crippen LogP contribution in [0.4, 0.5) is 19.0 Å². The molecule has 2 rings (SSSR count). The van der Waals surface area contributed by atoms with Crippen LogP contribution in [0.25, 0.3) is 0 Å². The van der Waals surface area contributed by atoms with Gasteiger partial charge in [0.25, 0.3) is 0 Å². The summed E-state index contributed by atoms with van der Waals surface area (Å²) in [5, 5.41) is 3.08. The topological polar surface area (TPSA) is 37.4 Å². The van der Waals surface area contributed by atoms with Crippen molar-refractivity contribution in [3.8, 4) is 5.75 Å². The minimum absolute atomic E-state index is 0.0229. The van der Waals surface area contributed by atoms with Crippen LogP contribution in [-0.4, -0.2) is 37.6 Å². The number of nitrogens with one attached hydrogen (secondary N) is 1. The van der Waals surface area contributed by atoms with Crippen LogP contribution in [0.15, 0.2) is 42.6 Å². The van der Waals surface area contributed by atoms with Crippen molar-refractivity contribution in [3.05, 3.63) is 53.7 Å². The second-order valence-electron chi connectivity index (χ2n) is 5.53. The molecule has 0 unspecified atom stereocenters. The van der Waals surface area contributed by atoms with E-state index in [-0.39, 0.29) is 6.04 Å². The summed E-state index contributed by atoms with van der Waals surface area (Å²) in [7, 11) is 5.47. The Kier molecular flexibility index (Phi) is 5.66. The third-order valence-electron chi connectivity index (χ3n) is 3.69. The first-order valence-corrected chi connectivity index (χ1v) is 7.39. The molecule has 130 valence electrons. The van der Waals surface area contributed by atoms with Gasteiger partial charge in [0.1, 0.15) is 11.6 Å². The second kappa shape index (κ2) is 7.53. The Morgan fingerprint density at radius 3 is 2.42 bits per heavy atom. The number of benzene rings is 1. The fraction of sp³-hybridized carbons (Fsp3) is 0.353. The highest BCUT2D eigenvalue weighted by molar-refractivity contribution is 5.40. The number of halogens is 3. The molecule has 0 aliphatic rings. The second-order valence-corrected chi connectivity index (χ2v) is 5.53. The number of pyridine rings is 1. The first-order chi connectivity index (χ1) is 11.3. The van der Waals surface area contributed by atoms with Gasteiger partial charge in [-0.1, -0.05) is 18.2 Å². The zero-order chi connectivity index (χ0) is 17.7. The summed E-state index contributed by atoms with van der Waals surface area (Å²) in [6.45, 7) is 0.478. The molecule has 0 fully saturated rings. The summed E-state index contributed by atoms with van der Waals surface area (Å²) >= 11 is 0. The molecule has 24 heavy (non-hydrogen) atoms. The van der Waals surface area contributed by atoms with Crippen molar-refractivity contribution >= 4 is 5.82 Å². The van der Waals surface area contributed by atoms with Gasteiger partial charge in [-0.25, -0.2) is 4.98 Å². The average Bonchev–Trinajstić information content (AvgIpc) is 2.55. The number of methoxy groups -OCH3 is 1. The van der Waals surface area contributed by atoms with Gasteiger partial charge in [-0.05, 0) is 32.3 Å². The Morgan fingerprint density at radius 2 is 1.88 bits per heavy atom. The minimum Gasteiger partial charge on any atom is -0.496 e. The number of aromatic nitrogens is 1. The van der Waals surface area contributed by atoms with E-state index in [9.17, 15) is 13.2 Å². The van der Waals surface area contributed by atoms with Gasteiger partial charge in [-0.2, -0.15) is 13.2 Å². The van der Waals surface area contributed by atoms with Crippen LogP contribution in [0.1, 0.15) is 17.2 Å². The molecule has 2 aromatic rings. The summed E-state index contributed by atoms with van der Waals surface area (Å²) in [6, 6.07) is 9.98. The van der Waals surface area contributed by atoms with Crippen molar-refractivity contribution in [2.75, 3.05) is 33.1 Å². The lowest BCUT2D eigenvalue weighted by Crippen LogP contribution is -2.27. The zero-order valence-corrected chi connectivity index (χ0v) is 13.8. The Balaban J connectivity index is 2.12. The summed E-state index contributed by atoms with van der Waals surface area (Å²) in [4.78, 5) is 5.84. The molecule has 0 bridgehead atoms. The number of nitrogens with zero attached hydrogens (tertiary/aromatic N) is 2.